The van der Waals surface area contributed by atoms with Crippen LogP contribution in [-0.4, -0.2) is 22.8 Å². The molecule has 0 spiro atoms. The topological polar surface area (TPSA) is 86.4 Å². The average molecular weight is 397 g/mol. The van der Waals surface area contributed by atoms with Crippen LogP contribution in [0.4, 0.5) is 23.2 Å². The lowest BCUT2D eigenvalue weighted by Gasteiger charge is -2.09. The van der Waals surface area contributed by atoms with Crippen LogP contribution in [0, 0.1) is 5.82 Å². The number of carbonyl (C=O) groups is 1. The van der Waals surface area contributed by atoms with Crippen molar-refractivity contribution >= 4 is 11.6 Å². The van der Waals surface area contributed by atoms with E-state index in [1.807, 2.05) is 0 Å². The van der Waals surface area contributed by atoms with Gasteiger partial charge in [0.2, 0.25) is 0 Å². The van der Waals surface area contributed by atoms with Crippen LogP contribution in [0.25, 0.3) is 5.69 Å². The number of carbonyl (C=O) groups excluding carboxylic acids is 1. The van der Waals surface area contributed by atoms with Gasteiger partial charge in [-0.3, -0.25) is 4.79 Å². The average Bonchev–Trinajstić information content (AvgIpc) is 3.03. The Kier molecular flexibility index (Phi) is 4.91. The Morgan fingerprint density at radius 3 is 2.39 bits per heavy atom. The van der Waals surface area contributed by atoms with E-state index in [0.717, 1.165) is 35.0 Å². The molecule has 1 aromatic heterocycles. The molecule has 3 aromatic rings. The van der Waals surface area contributed by atoms with E-state index in [0.29, 0.717) is 0 Å². The second-order valence-corrected chi connectivity index (χ2v) is 5.44. The molecule has 0 fully saturated rings. The second-order valence-electron chi connectivity index (χ2n) is 5.44. The summed E-state index contributed by atoms with van der Waals surface area (Å²) in [4.78, 5) is 23.8. The van der Waals surface area contributed by atoms with E-state index in [2.05, 4.69) is 19.6 Å². The van der Waals surface area contributed by atoms with E-state index < -0.39 is 29.2 Å². The maximum Gasteiger partial charge on any atom is 0.444 e. The van der Waals surface area contributed by atoms with E-state index in [-0.39, 0.29) is 23.0 Å². The minimum absolute atomic E-state index is 0.0158. The highest BCUT2D eigenvalue weighted by Gasteiger charge is 2.30. The third-order valence-corrected chi connectivity index (χ3v) is 3.62. The molecule has 0 unspecified atom stereocenters. The van der Waals surface area contributed by atoms with Crippen molar-refractivity contribution in [3.05, 3.63) is 70.0 Å². The minimum atomic E-state index is -4.53. The summed E-state index contributed by atoms with van der Waals surface area (Å²) in [6, 6.07) is 6.83. The Morgan fingerprint density at radius 2 is 1.86 bits per heavy atom. The van der Waals surface area contributed by atoms with Gasteiger partial charge in [0.15, 0.2) is 0 Å². The van der Waals surface area contributed by atoms with E-state index in [4.69, 9.17) is 0 Å². The van der Waals surface area contributed by atoms with Crippen LogP contribution in [0.2, 0.25) is 0 Å². The molecule has 0 saturated carbocycles. The molecule has 0 saturated heterocycles. The third-order valence-electron chi connectivity index (χ3n) is 3.62. The number of hydrogen-bond donors (Lipinski definition) is 1. The first-order valence-electron chi connectivity index (χ1n) is 7.62. The number of nitrogens with one attached hydrogen (secondary N) is 1. The molecular formula is C17H11F4N3O4. The first-order valence-corrected chi connectivity index (χ1v) is 7.62. The summed E-state index contributed by atoms with van der Waals surface area (Å²) in [6.45, 7) is 0. The molecule has 0 bridgehead atoms. The van der Waals surface area contributed by atoms with Gasteiger partial charge in [-0.2, -0.15) is 17.9 Å². The smallest absolute Gasteiger partial charge is 0.444 e. The highest BCUT2D eigenvalue weighted by atomic mass is 19.4. The number of halogens is 4. The Bertz CT molecular complexity index is 1070. The Labute approximate surface area is 154 Å². The summed E-state index contributed by atoms with van der Waals surface area (Å²) < 4.78 is 62.0. The zero-order valence-corrected chi connectivity index (χ0v) is 14.1. The molecule has 0 aliphatic heterocycles. The van der Waals surface area contributed by atoms with E-state index in [1.54, 1.807) is 0 Å². The molecule has 1 N–H and O–H groups in total. The molecule has 7 nitrogen and oxygen atoms in total. The van der Waals surface area contributed by atoms with Crippen LogP contribution in [0.15, 0.2) is 51.7 Å². The second kappa shape index (κ2) is 7.18. The van der Waals surface area contributed by atoms with Gasteiger partial charge in [-0.05, 0) is 36.4 Å². The molecule has 3 rings (SSSR count). The number of methoxy groups -OCH3 is 1. The quantitative estimate of drug-likeness (QED) is 0.683. The van der Waals surface area contributed by atoms with Crippen molar-refractivity contribution in [1.82, 2.24) is 9.78 Å². The summed E-state index contributed by atoms with van der Waals surface area (Å²) in [6.07, 6.45) is -4.84. The van der Waals surface area contributed by atoms with Gasteiger partial charge in [-0.1, -0.05) is 5.10 Å². The van der Waals surface area contributed by atoms with Crippen molar-refractivity contribution in [3.63, 3.8) is 0 Å². The monoisotopic (exact) mass is 397 g/mol. The SMILES string of the molecule is COc1nn(-c2ccc(NC(=O)c3ccc(C(F)(F)F)cc3)c(F)c2)c(=O)o1. The zero-order chi connectivity index (χ0) is 20.5. The standard InChI is InChI=1S/C17H11F4N3O4/c1-27-15-23-24(16(26)28-15)11-6-7-13(12(18)8-11)22-14(25)9-2-4-10(5-3-9)17(19,20)21/h2-8H,1H3,(H,22,25). The van der Waals surface area contributed by atoms with Gasteiger partial charge in [0, 0.05) is 11.6 Å². The van der Waals surface area contributed by atoms with Crippen molar-refractivity contribution in [2.45, 2.75) is 6.18 Å². The lowest BCUT2D eigenvalue weighted by Crippen LogP contribution is -2.16. The van der Waals surface area contributed by atoms with Gasteiger partial charge < -0.3 is 14.5 Å². The zero-order valence-electron chi connectivity index (χ0n) is 14.1. The van der Waals surface area contributed by atoms with Crippen LogP contribution in [0.5, 0.6) is 6.08 Å². The molecule has 2 aromatic carbocycles. The predicted molar refractivity (Wildman–Crippen MR) is 88.0 cm³/mol. The maximum absolute atomic E-state index is 14.3. The summed E-state index contributed by atoms with van der Waals surface area (Å²) in [5.74, 6) is -2.61. The number of ether oxygens (including phenoxy) is 1. The molecule has 1 amide bonds. The lowest BCUT2D eigenvalue weighted by molar-refractivity contribution is -0.137. The molecule has 0 aliphatic carbocycles. The van der Waals surface area contributed by atoms with Crippen molar-refractivity contribution in [1.29, 1.82) is 0 Å². The van der Waals surface area contributed by atoms with Gasteiger partial charge in [-0.25, -0.2) is 9.18 Å². The van der Waals surface area contributed by atoms with Crippen molar-refractivity contribution in [2.24, 2.45) is 0 Å². The van der Waals surface area contributed by atoms with E-state index in [1.165, 1.54) is 19.2 Å². The number of rotatable bonds is 4. The van der Waals surface area contributed by atoms with E-state index in [9.17, 15) is 27.2 Å². The van der Waals surface area contributed by atoms with Crippen LogP contribution >= 0.6 is 0 Å². The van der Waals surface area contributed by atoms with Crippen LogP contribution in [0.1, 0.15) is 15.9 Å². The third kappa shape index (κ3) is 3.87. The van der Waals surface area contributed by atoms with Gasteiger partial charge >= 0.3 is 18.0 Å². The fourth-order valence-corrected chi connectivity index (χ4v) is 2.25. The summed E-state index contributed by atoms with van der Waals surface area (Å²) >= 11 is 0. The Balaban J connectivity index is 1.80. The highest BCUT2D eigenvalue weighted by molar-refractivity contribution is 6.04. The van der Waals surface area contributed by atoms with Crippen LogP contribution in [0.3, 0.4) is 0 Å². The molecule has 1 heterocycles. The number of benzene rings is 2. The number of aromatic nitrogens is 2. The Hall–Kier alpha value is -3.63. The maximum atomic E-state index is 14.3. The number of hydrogen-bond acceptors (Lipinski definition) is 5. The molecule has 28 heavy (non-hydrogen) atoms. The molecular weight excluding hydrogens is 386 g/mol. The van der Waals surface area contributed by atoms with Crippen molar-refractivity contribution in [3.8, 4) is 11.8 Å². The van der Waals surface area contributed by atoms with Crippen LogP contribution in [-0.2, 0) is 6.18 Å². The molecule has 0 aliphatic rings. The van der Waals surface area contributed by atoms with Crippen molar-refractivity contribution < 1.29 is 31.5 Å². The van der Waals surface area contributed by atoms with Gasteiger partial charge in [0.05, 0.1) is 24.0 Å². The molecule has 146 valence electrons. The Morgan fingerprint density at radius 1 is 1.18 bits per heavy atom. The largest absolute Gasteiger partial charge is 0.452 e. The molecule has 0 atom stereocenters. The lowest BCUT2D eigenvalue weighted by atomic mass is 10.1. The summed E-state index contributed by atoms with van der Waals surface area (Å²) in [5.41, 5.74) is -1.22. The first-order chi connectivity index (χ1) is 13.2. The fourth-order valence-electron chi connectivity index (χ4n) is 2.25. The number of anilines is 1. The van der Waals surface area contributed by atoms with Gasteiger partial charge in [0.1, 0.15) is 5.82 Å². The van der Waals surface area contributed by atoms with E-state index >= 15 is 0 Å². The predicted octanol–water partition coefficient (Wildman–Crippen LogP) is 3.24. The van der Waals surface area contributed by atoms with Gasteiger partial charge in [-0.15, -0.1) is 0 Å². The first kappa shape index (κ1) is 19.1. The van der Waals surface area contributed by atoms with Crippen LogP contribution < -0.4 is 15.8 Å². The number of alkyl halides is 3. The van der Waals surface area contributed by atoms with Gasteiger partial charge in [0.25, 0.3) is 5.91 Å². The molecule has 0 radical (unpaired) electrons. The number of nitrogens with zero attached hydrogens (tertiary/aromatic N) is 2. The fraction of sp³-hybridized carbons (Fsp3) is 0.118. The normalized spacial score (nSPS) is 11.3. The highest BCUT2D eigenvalue weighted by Crippen LogP contribution is 2.29. The number of amides is 1. The van der Waals surface area contributed by atoms with Crippen molar-refractivity contribution in [2.75, 3.05) is 12.4 Å². The minimum Gasteiger partial charge on any atom is -0.452 e. The molecule has 11 heteroatoms. The summed E-state index contributed by atoms with van der Waals surface area (Å²) in [5, 5.41) is 5.92. The summed E-state index contributed by atoms with van der Waals surface area (Å²) in [7, 11) is 1.23.